The van der Waals surface area contributed by atoms with Crippen LogP contribution in [-0.2, 0) is 15.8 Å². The quantitative estimate of drug-likeness (QED) is 0.776. The molecule has 1 amide bonds. The number of aromatic nitrogens is 2. The number of fused-ring (bicyclic) bond motifs is 1. The molecule has 0 atom stereocenters. The van der Waals surface area contributed by atoms with Crippen molar-refractivity contribution in [3.63, 3.8) is 0 Å². The number of rotatable bonds is 4. The normalized spacial score (nSPS) is 11.8. The number of hydrogen-bond donors (Lipinski definition) is 1. The molecule has 0 saturated carbocycles. The first-order chi connectivity index (χ1) is 11.7. The maximum atomic E-state index is 13.0. The highest BCUT2D eigenvalue weighted by atomic mass is 32.2. The van der Waals surface area contributed by atoms with E-state index in [1.807, 2.05) is 13.0 Å². The fraction of sp³-hybridized carbons (Fsp3) is 0.222. The van der Waals surface area contributed by atoms with Gasteiger partial charge in [0.2, 0.25) is 15.9 Å². The molecule has 0 aliphatic heterocycles. The molecule has 0 bridgehead atoms. The number of nitrogens with two attached hydrogens (primary N) is 1. The van der Waals surface area contributed by atoms with Gasteiger partial charge in [-0.25, -0.2) is 17.4 Å². The molecule has 0 fully saturated rings. The number of nitrogens with zero attached hydrogens (tertiary/aromatic N) is 2. The van der Waals surface area contributed by atoms with E-state index in [0.717, 1.165) is 5.56 Å². The van der Waals surface area contributed by atoms with Gasteiger partial charge >= 0.3 is 0 Å². The number of carbonyl (C=O) groups excluding carboxylic acids is 1. The maximum absolute atomic E-state index is 13.0. The number of amides is 1. The van der Waals surface area contributed by atoms with Crippen molar-refractivity contribution in [1.29, 1.82) is 0 Å². The molecule has 1 heterocycles. The van der Waals surface area contributed by atoms with Gasteiger partial charge in [0.1, 0.15) is 5.82 Å². The Morgan fingerprint density at radius 2 is 1.76 bits per heavy atom. The third-order valence-electron chi connectivity index (χ3n) is 4.37. The topological polar surface area (TPSA) is 95.1 Å². The summed E-state index contributed by atoms with van der Waals surface area (Å²) in [4.78, 5) is 16.1. The molecular weight excluding hydrogens is 338 g/mol. The first kappa shape index (κ1) is 17.2. The molecule has 6 nitrogen and oxygen atoms in total. The van der Waals surface area contributed by atoms with E-state index in [1.54, 1.807) is 38.1 Å². The van der Waals surface area contributed by atoms with Crippen LogP contribution in [0.25, 0.3) is 11.0 Å². The predicted octanol–water partition coefficient (Wildman–Crippen LogP) is 2.44. The minimum atomic E-state index is -3.70. The van der Waals surface area contributed by atoms with E-state index in [0.29, 0.717) is 33.5 Å². The molecular formula is C18H19N3O3S. The van der Waals surface area contributed by atoms with Gasteiger partial charge in [-0.3, -0.25) is 4.79 Å². The number of hydrogen-bond acceptors (Lipinski definition) is 4. The second-order valence-electron chi connectivity index (χ2n) is 6.07. The largest absolute Gasteiger partial charge is 0.366 e. The van der Waals surface area contributed by atoms with Crippen molar-refractivity contribution in [2.45, 2.75) is 26.5 Å². The minimum absolute atomic E-state index is 0.154. The molecule has 2 N–H and O–H groups in total. The van der Waals surface area contributed by atoms with Gasteiger partial charge in [-0.15, -0.1) is 0 Å². The molecule has 25 heavy (non-hydrogen) atoms. The van der Waals surface area contributed by atoms with Crippen molar-refractivity contribution in [3.05, 3.63) is 64.5 Å². The van der Waals surface area contributed by atoms with Crippen molar-refractivity contribution >= 4 is 27.0 Å². The Hall–Kier alpha value is -2.67. The summed E-state index contributed by atoms with van der Waals surface area (Å²) in [5.41, 5.74) is 8.85. The predicted molar refractivity (Wildman–Crippen MR) is 96.9 cm³/mol. The van der Waals surface area contributed by atoms with E-state index in [4.69, 9.17) is 5.73 Å². The Morgan fingerprint density at radius 3 is 2.36 bits per heavy atom. The molecule has 1 aromatic heterocycles. The van der Waals surface area contributed by atoms with Gasteiger partial charge in [-0.05, 0) is 43.5 Å². The average Bonchev–Trinajstić information content (AvgIpc) is 2.88. The SMILES string of the molecule is Cc1c(C(N)=O)cc2c(nc(C)n2S(=O)(=O)Cc2ccccc2)c1C. The Morgan fingerprint density at radius 1 is 1.12 bits per heavy atom. The summed E-state index contributed by atoms with van der Waals surface area (Å²) >= 11 is 0. The number of primary amides is 1. The van der Waals surface area contributed by atoms with E-state index in [-0.39, 0.29) is 5.75 Å². The molecule has 0 spiro atoms. The molecule has 7 heteroatoms. The molecule has 130 valence electrons. The zero-order chi connectivity index (χ0) is 18.4. The summed E-state index contributed by atoms with van der Waals surface area (Å²) in [7, 11) is -3.70. The number of aryl methyl sites for hydroxylation is 2. The third-order valence-corrected chi connectivity index (χ3v) is 6.08. The van der Waals surface area contributed by atoms with Crippen LogP contribution in [0, 0.1) is 20.8 Å². The second-order valence-corrected chi connectivity index (χ2v) is 7.89. The van der Waals surface area contributed by atoms with Gasteiger partial charge in [-0.2, -0.15) is 0 Å². The van der Waals surface area contributed by atoms with Crippen molar-refractivity contribution < 1.29 is 13.2 Å². The van der Waals surface area contributed by atoms with Crippen LogP contribution in [0.3, 0.4) is 0 Å². The van der Waals surface area contributed by atoms with E-state index >= 15 is 0 Å². The van der Waals surface area contributed by atoms with Crippen LogP contribution in [0.5, 0.6) is 0 Å². The van der Waals surface area contributed by atoms with E-state index < -0.39 is 15.9 Å². The molecule has 0 aliphatic rings. The highest BCUT2D eigenvalue weighted by molar-refractivity contribution is 7.89. The first-order valence-corrected chi connectivity index (χ1v) is 9.39. The summed E-state index contributed by atoms with van der Waals surface area (Å²) in [5, 5.41) is 0. The standard InChI is InChI=1S/C18H19N3O3S/c1-11-12(2)17-16(9-15(11)18(19)22)21(13(3)20-17)25(23,24)10-14-7-5-4-6-8-14/h4-9H,10H2,1-3H3,(H2,19,22). The zero-order valence-corrected chi connectivity index (χ0v) is 15.1. The van der Waals surface area contributed by atoms with Crippen LogP contribution in [0.15, 0.2) is 36.4 Å². The molecule has 0 aliphatic carbocycles. The second kappa shape index (κ2) is 6.00. The number of benzene rings is 2. The molecule has 3 rings (SSSR count). The Labute approximate surface area is 146 Å². The van der Waals surface area contributed by atoms with E-state index in [9.17, 15) is 13.2 Å². The van der Waals surface area contributed by atoms with Crippen molar-refractivity contribution in [2.24, 2.45) is 5.73 Å². The molecule has 0 saturated heterocycles. The van der Waals surface area contributed by atoms with Gasteiger partial charge in [0, 0.05) is 5.56 Å². The Kier molecular flexibility index (Phi) is 4.12. The van der Waals surface area contributed by atoms with E-state index in [2.05, 4.69) is 4.98 Å². The van der Waals surface area contributed by atoms with Crippen LogP contribution in [0.1, 0.15) is 32.9 Å². The summed E-state index contributed by atoms with van der Waals surface area (Å²) in [6, 6.07) is 10.5. The average molecular weight is 357 g/mol. The van der Waals surface area contributed by atoms with Gasteiger partial charge in [-0.1, -0.05) is 30.3 Å². The minimum Gasteiger partial charge on any atom is -0.366 e. The molecule has 0 unspecified atom stereocenters. The number of imidazole rings is 1. The third kappa shape index (κ3) is 2.91. The van der Waals surface area contributed by atoms with Gasteiger partial charge in [0.15, 0.2) is 0 Å². The summed E-state index contributed by atoms with van der Waals surface area (Å²) in [6.45, 7) is 5.23. The molecule has 2 aromatic carbocycles. The summed E-state index contributed by atoms with van der Waals surface area (Å²) in [5.74, 6) is -0.387. The van der Waals surface area contributed by atoms with Gasteiger partial charge < -0.3 is 5.73 Å². The summed E-state index contributed by atoms with van der Waals surface area (Å²) < 4.78 is 27.2. The Bertz CT molecular complexity index is 1080. The van der Waals surface area contributed by atoms with Gasteiger partial charge in [0.05, 0.1) is 16.8 Å². The van der Waals surface area contributed by atoms with Crippen LogP contribution in [-0.4, -0.2) is 23.3 Å². The van der Waals surface area contributed by atoms with Crippen LogP contribution in [0.4, 0.5) is 0 Å². The monoisotopic (exact) mass is 357 g/mol. The van der Waals surface area contributed by atoms with Gasteiger partial charge in [0.25, 0.3) is 0 Å². The Balaban J connectivity index is 2.26. The van der Waals surface area contributed by atoms with Crippen LogP contribution < -0.4 is 5.73 Å². The lowest BCUT2D eigenvalue weighted by Crippen LogP contribution is -2.18. The number of carbonyl (C=O) groups is 1. The smallest absolute Gasteiger partial charge is 0.249 e. The zero-order valence-electron chi connectivity index (χ0n) is 14.3. The molecule has 3 aromatic rings. The highest BCUT2D eigenvalue weighted by Gasteiger charge is 2.24. The summed E-state index contributed by atoms with van der Waals surface area (Å²) in [6.07, 6.45) is 0. The van der Waals surface area contributed by atoms with E-state index in [1.165, 1.54) is 10.0 Å². The fourth-order valence-electron chi connectivity index (χ4n) is 3.02. The van der Waals surface area contributed by atoms with Crippen molar-refractivity contribution in [1.82, 2.24) is 8.96 Å². The lowest BCUT2D eigenvalue weighted by molar-refractivity contribution is 0.0999. The van der Waals surface area contributed by atoms with Crippen molar-refractivity contribution in [3.8, 4) is 0 Å². The van der Waals surface area contributed by atoms with Crippen LogP contribution in [0.2, 0.25) is 0 Å². The van der Waals surface area contributed by atoms with Crippen LogP contribution >= 0.6 is 0 Å². The highest BCUT2D eigenvalue weighted by Crippen LogP contribution is 2.27. The first-order valence-electron chi connectivity index (χ1n) is 7.78. The van der Waals surface area contributed by atoms with Crippen molar-refractivity contribution in [2.75, 3.05) is 0 Å². The lowest BCUT2D eigenvalue weighted by Gasteiger charge is -2.11. The maximum Gasteiger partial charge on any atom is 0.249 e. The fourth-order valence-corrected chi connectivity index (χ4v) is 4.64. The lowest BCUT2D eigenvalue weighted by atomic mass is 10.0. The molecule has 0 radical (unpaired) electrons.